The van der Waals surface area contributed by atoms with Gasteiger partial charge in [0.1, 0.15) is 17.2 Å². The first-order valence-electron chi connectivity index (χ1n) is 9.05. The third-order valence-electron chi connectivity index (χ3n) is 3.69. The third-order valence-corrected chi connectivity index (χ3v) is 4.64. The molecule has 2 rings (SSSR count). The maximum absolute atomic E-state index is 12.1. The van der Waals surface area contributed by atoms with Crippen molar-refractivity contribution in [2.75, 3.05) is 20.3 Å². The van der Waals surface area contributed by atoms with E-state index in [1.807, 2.05) is 24.3 Å². The van der Waals surface area contributed by atoms with E-state index in [9.17, 15) is 9.59 Å². The SMILES string of the molecule is COC(=O)CCCOc1cc(Br)cc(OC(=O)CCCOc2cccc(Br)c2)c1. The second-order valence-electron chi connectivity index (χ2n) is 6.03. The van der Waals surface area contributed by atoms with E-state index in [0.717, 1.165) is 14.7 Å². The molecule has 0 amide bonds. The monoisotopic (exact) mass is 528 g/mol. The van der Waals surface area contributed by atoms with Gasteiger partial charge in [-0.1, -0.05) is 37.9 Å². The highest BCUT2D eigenvalue weighted by molar-refractivity contribution is 9.10. The third kappa shape index (κ3) is 9.32. The second-order valence-corrected chi connectivity index (χ2v) is 7.87. The van der Waals surface area contributed by atoms with Crippen LogP contribution in [0.4, 0.5) is 0 Å². The molecular weight excluding hydrogens is 508 g/mol. The predicted molar refractivity (Wildman–Crippen MR) is 115 cm³/mol. The maximum Gasteiger partial charge on any atom is 0.311 e. The van der Waals surface area contributed by atoms with Crippen molar-refractivity contribution in [3.8, 4) is 17.2 Å². The average molecular weight is 530 g/mol. The molecule has 0 radical (unpaired) electrons. The number of carbonyl (C=O) groups excluding carboxylic acids is 2. The van der Waals surface area contributed by atoms with E-state index in [-0.39, 0.29) is 24.8 Å². The smallest absolute Gasteiger partial charge is 0.311 e. The molecule has 0 aliphatic carbocycles. The van der Waals surface area contributed by atoms with Gasteiger partial charge in [-0.25, -0.2) is 0 Å². The van der Waals surface area contributed by atoms with Gasteiger partial charge in [-0.3, -0.25) is 9.59 Å². The molecule has 0 N–H and O–H groups in total. The fraction of sp³-hybridized carbons (Fsp3) is 0.333. The first-order chi connectivity index (χ1) is 14.0. The van der Waals surface area contributed by atoms with Crippen LogP contribution in [0, 0.1) is 0 Å². The van der Waals surface area contributed by atoms with Crippen LogP contribution >= 0.6 is 31.9 Å². The zero-order chi connectivity index (χ0) is 21.1. The molecular formula is C21H22Br2O6. The summed E-state index contributed by atoms with van der Waals surface area (Å²) in [7, 11) is 1.35. The van der Waals surface area contributed by atoms with E-state index in [0.29, 0.717) is 37.6 Å². The zero-order valence-corrected chi connectivity index (χ0v) is 19.2. The Morgan fingerprint density at radius 1 is 0.793 bits per heavy atom. The summed E-state index contributed by atoms with van der Waals surface area (Å²) in [6.45, 7) is 0.768. The van der Waals surface area contributed by atoms with Crippen LogP contribution in [0.1, 0.15) is 25.7 Å². The fourth-order valence-electron chi connectivity index (χ4n) is 2.33. The minimum atomic E-state index is -0.349. The summed E-state index contributed by atoms with van der Waals surface area (Å²) >= 11 is 6.76. The summed E-state index contributed by atoms with van der Waals surface area (Å²) in [6.07, 6.45) is 1.59. The molecule has 0 aliphatic heterocycles. The molecule has 2 aromatic rings. The van der Waals surface area contributed by atoms with E-state index >= 15 is 0 Å². The number of esters is 2. The van der Waals surface area contributed by atoms with Crippen LogP contribution in [-0.2, 0) is 14.3 Å². The fourth-order valence-corrected chi connectivity index (χ4v) is 3.16. The van der Waals surface area contributed by atoms with Gasteiger partial charge in [-0.15, -0.1) is 0 Å². The van der Waals surface area contributed by atoms with E-state index in [1.165, 1.54) is 7.11 Å². The molecule has 0 aromatic heterocycles. The van der Waals surface area contributed by atoms with Crippen LogP contribution in [0.15, 0.2) is 51.4 Å². The largest absolute Gasteiger partial charge is 0.494 e. The Morgan fingerprint density at radius 2 is 1.41 bits per heavy atom. The van der Waals surface area contributed by atoms with Crippen LogP contribution in [0.2, 0.25) is 0 Å². The number of halogens is 2. The van der Waals surface area contributed by atoms with Crippen LogP contribution in [-0.4, -0.2) is 32.3 Å². The van der Waals surface area contributed by atoms with Crippen molar-refractivity contribution < 1.29 is 28.5 Å². The lowest BCUT2D eigenvalue weighted by Gasteiger charge is -2.10. The minimum Gasteiger partial charge on any atom is -0.494 e. The van der Waals surface area contributed by atoms with Crippen LogP contribution in [0.25, 0.3) is 0 Å². The van der Waals surface area contributed by atoms with Gasteiger partial charge in [0.15, 0.2) is 0 Å². The summed E-state index contributed by atoms with van der Waals surface area (Å²) in [4.78, 5) is 23.2. The summed E-state index contributed by atoms with van der Waals surface area (Å²) in [5.74, 6) is 1.05. The maximum atomic E-state index is 12.1. The van der Waals surface area contributed by atoms with Crippen molar-refractivity contribution in [3.05, 3.63) is 51.4 Å². The lowest BCUT2D eigenvalue weighted by molar-refractivity contribution is -0.141. The van der Waals surface area contributed by atoms with Gasteiger partial charge in [0, 0.05) is 27.9 Å². The predicted octanol–water partition coefficient (Wildman–Crippen LogP) is 5.31. The van der Waals surface area contributed by atoms with Gasteiger partial charge >= 0.3 is 11.9 Å². The molecule has 0 unspecified atom stereocenters. The van der Waals surface area contributed by atoms with E-state index in [4.69, 9.17) is 14.2 Å². The van der Waals surface area contributed by atoms with Crippen molar-refractivity contribution in [1.82, 2.24) is 0 Å². The van der Waals surface area contributed by atoms with Gasteiger partial charge in [-0.2, -0.15) is 0 Å². The molecule has 2 aromatic carbocycles. The summed E-state index contributed by atoms with van der Waals surface area (Å²) < 4.78 is 22.8. The topological polar surface area (TPSA) is 71.1 Å². The number of ether oxygens (including phenoxy) is 4. The molecule has 0 saturated heterocycles. The van der Waals surface area contributed by atoms with Crippen molar-refractivity contribution in [2.45, 2.75) is 25.7 Å². The Kier molecular flexibility index (Phi) is 10.0. The van der Waals surface area contributed by atoms with E-state index in [1.54, 1.807) is 18.2 Å². The number of carbonyl (C=O) groups is 2. The Bertz CT molecular complexity index is 825. The van der Waals surface area contributed by atoms with Crippen LogP contribution < -0.4 is 14.2 Å². The van der Waals surface area contributed by atoms with E-state index in [2.05, 4.69) is 36.6 Å². The molecule has 0 aliphatic rings. The number of hydrogen-bond acceptors (Lipinski definition) is 6. The van der Waals surface area contributed by atoms with Gasteiger partial charge < -0.3 is 18.9 Å². The molecule has 0 saturated carbocycles. The molecule has 0 spiro atoms. The Balaban J connectivity index is 1.74. The van der Waals surface area contributed by atoms with Crippen LogP contribution in [0.3, 0.4) is 0 Å². The highest BCUT2D eigenvalue weighted by Gasteiger charge is 2.09. The van der Waals surface area contributed by atoms with Gasteiger partial charge in [-0.05, 0) is 43.2 Å². The van der Waals surface area contributed by atoms with Gasteiger partial charge in [0.25, 0.3) is 0 Å². The first-order valence-corrected chi connectivity index (χ1v) is 10.6. The molecule has 0 fully saturated rings. The van der Waals surface area contributed by atoms with Crippen LogP contribution in [0.5, 0.6) is 17.2 Å². The average Bonchev–Trinajstić information content (AvgIpc) is 2.68. The Labute approximate surface area is 186 Å². The quantitative estimate of drug-likeness (QED) is 0.223. The summed E-state index contributed by atoms with van der Waals surface area (Å²) in [5, 5.41) is 0. The van der Waals surface area contributed by atoms with Gasteiger partial charge in [0.2, 0.25) is 0 Å². The number of benzene rings is 2. The highest BCUT2D eigenvalue weighted by Crippen LogP contribution is 2.27. The minimum absolute atomic E-state index is 0.232. The molecule has 6 nitrogen and oxygen atoms in total. The normalized spacial score (nSPS) is 10.3. The summed E-state index contributed by atoms with van der Waals surface area (Å²) in [5.41, 5.74) is 0. The zero-order valence-electron chi connectivity index (χ0n) is 16.0. The van der Waals surface area contributed by atoms with Crippen molar-refractivity contribution in [2.24, 2.45) is 0 Å². The number of methoxy groups -OCH3 is 1. The Hall–Kier alpha value is -2.06. The van der Waals surface area contributed by atoms with Crippen molar-refractivity contribution >= 4 is 43.8 Å². The number of hydrogen-bond donors (Lipinski definition) is 0. The molecule has 0 bridgehead atoms. The molecule has 29 heavy (non-hydrogen) atoms. The lowest BCUT2D eigenvalue weighted by atomic mass is 10.3. The highest BCUT2D eigenvalue weighted by atomic mass is 79.9. The van der Waals surface area contributed by atoms with E-state index < -0.39 is 0 Å². The molecule has 156 valence electrons. The first kappa shape index (κ1) is 23.2. The molecule has 0 heterocycles. The van der Waals surface area contributed by atoms with Crippen molar-refractivity contribution in [3.63, 3.8) is 0 Å². The molecule has 0 atom stereocenters. The molecule has 8 heteroatoms. The second kappa shape index (κ2) is 12.5. The Morgan fingerprint density at radius 3 is 2.10 bits per heavy atom. The van der Waals surface area contributed by atoms with Gasteiger partial charge in [0.05, 0.1) is 20.3 Å². The standard InChI is InChI=1S/C21H22Br2O6/c1-26-20(24)7-3-10-28-18-12-16(23)13-19(14-18)29-21(25)8-4-9-27-17-6-2-5-15(22)11-17/h2,5-6,11-14H,3-4,7-10H2,1H3. The number of rotatable bonds is 11. The summed E-state index contributed by atoms with van der Waals surface area (Å²) in [6, 6.07) is 12.6. The van der Waals surface area contributed by atoms with Crippen molar-refractivity contribution in [1.29, 1.82) is 0 Å². The lowest BCUT2D eigenvalue weighted by Crippen LogP contribution is -2.10.